The summed E-state index contributed by atoms with van der Waals surface area (Å²) in [6.45, 7) is 0.253. The van der Waals surface area contributed by atoms with E-state index in [0.717, 1.165) is 11.0 Å². The summed E-state index contributed by atoms with van der Waals surface area (Å²) in [5.74, 6) is 0. The molecule has 1 atom stereocenters. The van der Waals surface area contributed by atoms with Gasteiger partial charge in [-0.2, -0.15) is 13.2 Å². The van der Waals surface area contributed by atoms with Crippen molar-refractivity contribution in [2.75, 3.05) is 11.9 Å². The van der Waals surface area contributed by atoms with Gasteiger partial charge in [0.15, 0.2) is 0 Å². The number of piperidine rings is 1. The molecule has 0 aliphatic carbocycles. The average molecular weight is 412 g/mol. The Balaban J connectivity index is 2.40. The van der Waals surface area contributed by atoms with Crippen LogP contribution in [0.4, 0.5) is 29.3 Å². The molecule has 0 spiro atoms. The van der Waals surface area contributed by atoms with Crippen LogP contribution in [0, 0.1) is 10.1 Å². The molecular formula is C13H13BrF3N3O4. The number of amides is 1. The van der Waals surface area contributed by atoms with Gasteiger partial charge in [-0.3, -0.25) is 15.0 Å². The van der Waals surface area contributed by atoms with Gasteiger partial charge in [0.2, 0.25) is 0 Å². The first-order chi connectivity index (χ1) is 11.1. The van der Waals surface area contributed by atoms with E-state index >= 15 is 0 Å². The third-order valence-corrected chi connectivity index (χ3v) is 4.31. The summed E-state index contributed by atoms with van der Waals surface area (Å²) >= 11 is 2.76. The molecule has 0 bridgehead atoms. The van der Waals surface area contributed by atoms with Crippen molar-refractivity contribution >= 4 is 33.4 Å². The highest BCUT2D eigenvalue weighted by Crippen LogP contribution is 2.41. The van der Waals surface area contributed by atoms with Crippen LogP contribution in [0.1, 0.15) is 24.8 Å². The van der Waals surface area contributed by atoms with E-state index in [1.165, 1.54) is 0 Å². The number of nitro groups is 1. The Hall–Kier alpha value is -2.04. The number of nitro benzene ring substituents is 1. The predicted molar refractivity (Wildman–Crippen MR) is 81.8 cm³/mol. The molecule has 1 aliphatic rings. The molecule has 1 amide bonds. The zero-order valence-corrected chi connectivity index (χ0v) is 13.7. The second-order valence-electron chi connectivity index (χ2n) is 5.24. The molecule has 1 aliphatic heterocycles. The molecule has 0 aromatic heterocycles. The van der Waals surface area contributed by atoms with Crippen LogP contribution in [0.2, 0.25) is 0 Å². The van der Waals surface area contributed by atoms with Crippen LogP contribution in [0.5, 0.6) is 0 Å². The number of likely N-dealkylation sites (tertiary alicyclic amines) is 1. The monoisotopic (exact) mass is 411 g/mol. The second kappa shape index (κ2) is 6.83. The van der Waals surface area contributed by atoms with Crippen LogP contribution < -0.4 is 5.32 Å². The summed E-state index contributed by atoms with van der Waals surface area (Å²) in [4.78, 5) is 22.5. The van der Waals surface area contributed by atoms with Gasteiger partial charge in [-0.25, -0.2) is 4.79 Å². The van der Waals surface area contributed by atoms with Crippen LogP contribution in [-0.4, -0.2) is 33.7 Å². The maximum Gasteiger partial charge on any atom is 0.417 e. The summed E-state index contributed by atoms with van der Waals surface area (Å²) in [7, 11) is 0. The minimum atomic E-state index is -4.75. The molecule has 24 heavy (non-hydrogen) atoms. The minimum Gasteiger partial charge on any atom is -0.465 e. The number of halogens is 4. The van der Waals surface area contributed by atoms with Crippen molar-refractivity contribution in [3.05, 3.63) is 32.3 Å². The Morgan fingerprint density at radius 2 is 2.08 bits per heavy atom. The van der Waals surface area contributed by atoms with Crippen molar-refractivity contribution in [2.45, 2.75) is 31.6 Å². The van der Waals surface area contributed by atoms with Gasteiger partial charge in [-0.15, -0.1) is 0 Å². The molecule has 11 heteroatoms. The number of carbonyl (C=O) groups is 1. The highest BCUT2D eigenvalue weighted by Gasteiger charge is 2.36. The summed E-state index contributed by atoms with van der Waals surface area (Å²) in [5, 5.41) is 23.0. The Kier molecular flexibility index (Phi) is 5.21. The highest BCUT2D eigenvalue weighted by molar-refractivity contribution is 9.10. The fourth-order valence-corrected chi connectivity index (χ4v) is 3.10. The van der Waals surface area contributed by atoms with E-state index in [1.807, 2.05) is 0 Å². The van der Waals surface area contributed by atoms with E-state index in [-0.39, 0.29) is 16.7 Å². The molecule has 1 heterocycles. The average Bonchev–Trinajstić information content (AvgIpc) is 2.46. The topological polar surface area (TPSA) is 95.7 Å². The molecular weight excluding hydrogens is 399 g/mol. The quantitative estimate of drug-likeness (QED) is 0.571. The first kappa shape index (κ1) is 18.3. The maximum atomic E-state index is 12.9. The molecule has 1 aromatic rings. The largest absolute Gasteiger partial charge is 0.465 e. The lowest BCUT2D eigenvalue weighted by atomic mass is 10.1. The normalized spacial score (nSPS) is 18.3. The molecule has 1 fully saturated rings. The van der Waals surface area contributed by atoms with Crippen LogP contribution >= 0.6 is 15.9 Å². The van der Waals surface area contributed by atoms with E-state index in [2.05, 4.69) is 21.2 Å². The SMILES string of the molecule is O=C(O)N1CCCCC1Nc1cc(Br)c(C(F)(F)F)cc1[N+](=O)[O-]. The van der Waals surface area contributed by atoms with Crippen molar-refractivity contribution in [1.82, 2.24) is 4.90 Å². The molecule has 1 unspecified atom stereocenters. The molecule has 2 N–H and O–H groups in total. The van der Waals surface area contributed by atoms with E-state index < -0.39 is 34.6 Å². The van der Waals surface area contributed by atoms with Gasteiger partial charge < -0.3 is 10.4 Å². The Morgan fingerprint density at radius 3 is 2.62 bits per heavy atom. The summed E-state index contributed by atoms with van der Waals surface area (Å²) in [5.41, 5.74) is -2.10. The van der Waals surface area contributed by atoms with Gasteiger partial charge in [-0.05, 0) is 25.3 Å². The number of nitrogens with one attached hydrogen (secondary N) is 1. The standard InChI is InChI=1S/C13H13BrF3N3O4/c14-8-6-9(10(20(23)24)5-7(8)13(15,16)17)18-11-3-1-2-4-19(11)12(21)22/h5-6,11,18H,1-4H2,(H,21,22). The Labute approximate surface area is 142 Å². The van der Waals surface area contributed by atoms with E-state index in [4.69, 9.17) is 5.11 Å². The zero-order chi connectivity index (χ0) is 18.1. The van der Waals surface area contributed by atoms with Crippen LogP contribution in [0.25, 0.3) is 0 Å². The van der Waals surface area contributed by atoms with Crippen LogP contribution in [-0.2, 0) is 6.18 Å². The van der Waals surface area contributed by atoms with Crippen molar-refractivity contribution in [2.24, 2.45) is 0 Å². The number of nitrogens with zero attached hydrogens (tertiary/aromatic N) is 2. The van der Waals surface area contributed by atoms with Gasteiger partial charge in [0.1, 0.15) is 11.9 Å². The lowest BCUT2D eigenvalue weighted by Gasteiger charge is -2.34. The third-order valence-electron chi connectivity index (χ3n) is 3.66. The van der Waals surface area contributed by atoms with Crippen LogP contribution in [0.15, 0.2) is 16.6 Å². The van der Waals surface area contributed by atoms with Gasteiger partial charge >= 0.3 is 12.3 Å². The fourth-order valence-electron chi connectivity index (χ4n) is 2.54. The number of benzene rings is 1. The summed E-state index contributed by atoms with van der Waals surface area (Å²) < 4.78 is 38.3. The van der Waals surface area contributed by atoms with Gasteiger partial charge in [0.25, 0.3) is 5.69 Å². The van der Waals surface area contributed by atoms with Crippen molar-refractivity contribution in [3.8, 4) is 0 Å². The van der Waals surface area contributed by atoms with Crippen LogP contribution in [0.3, 0.4) is 0 Å². The summed E-state index contributed by atoms with van der Waals surface area (Å²) in [6, 6.07) is 1.38. The van der Waals surface area contributed by atoms with Crippen molar-refractivity contribution in [3.63, 3.8) is 0 Å². The van der Waals surface area contributed by atoms with Gasteiger partial charge in [0.05, 0.1) is 10.5 Å². The minimum absolute atomic E-state index is 0.168. The first-order valence-corrected chi connectivity index (χ1v) is 7.72. The predicted octanol–water partition coefficient (Wildman–Crippen LogP) is 4.28. The van der Waals surface area contributed by atoms with Gasteiger partial charge in [0, 0.05) is 17.1 Å². The molecule has 7 nitrogen and oxygen atoms in total. The third kappa shape index (κ3) is 3.89. The molecule has 1 aromatic carbocycles. The number of anilines is 1. The molecule has 2 rings (SSSR count). The number of alkyl halides is 3. The van der Waals surface area contributed by atoms with E-state index in [1.54, 1.807) is 0 Å². The lowest BCUT2D eigenvalue weighted by molar-refractivity contribution is -0.384. The highest BCUT2D eigenvalue weighted by atomic mass is 79.9. The van der Waals surface area contributed by atoms with E-state index in [9.17, 15) is 28.1 Å². The smallest absolute Gasteiger partial charge is 0.417 e. The number of hydrogen-bond acceptors (Lipinski definition) is 4. The molecule has 0 radical (unpaired) electrons. The number of carboxylic acid groups (broad SMARTS) is 1. The van der Waals surface area contributed by atoms with Gasteiger partial charge in [-0.1, -0.05) is 15.9 Å². The van der Waals surface area contributed by atoms with Crippen molar-refractivity contribution < 1.29 is 28.0 Å². The Bertz CT molecular complexity index is 669. The first-order valence-electron chi connectivity index (χ1n) is 6.92. The van der Waals surface area contributed by atoms with E-state index in [0.29, 0.717) is 25.3 Å². The lowest BCUT2D eigenvalue weighted by Crippen LogP contribution is -2.47. The summed E-state index contributed by atoms with van der Waals surface area (Å²) in [6.07, 6.45) is -4.91. The molecule has 1 saturated heterocycles. The molecule has 132 valence electrons. The fraction of sp³-hybridized carbons (Fsp3) is 0.462. The Morgan fingerprint density at radius 1 is 1.42 bits per heavy atom. The maximum absolute atomic E-state index is 12.9. The van der Waals surface area contributed by atoms with Crippen molar-refractivity contribution in [1.29, 1.82) is 0 Å². The molecule has 0 saturated carbocycles. The number of hydrogen-bond donors (Lipinski definition) is 2. The zero-order valence-electron chi connectivity index (χ0n) is 12.1. The second-order valence-corrected chi connectivity index (χ2v) is 6.09. The number of rotatable bonds is 3.